The van der Waals surface area contributed by atoms with E-state index in [0.29, 0.717) is 17.9 Å². The molecule has 1 unspecified atom stereocenters. The maximum Gasteiger partial charge on any atom is 0.325 e. The second-order valence-electron chi connectivity index (χ2n) is 7.57. The van der Waals surface area contributed by atoms with Crippen molar-refractivity contribution in [1.29, 1.82) is 0 Å². The van der Waals surface area contributed by atoms with E-state index in [1.54, 1.807) is 0 Å². The summed E-state index contributed by atoms with van der Waals surface area (Å²) in [5.41, 5.74) is 2.87. The molecule has 1 rings (SSSR count). The number of carbonyl (C=O) groups excluding carboxylic acids is 1. The molecule has 3 N–H and O–H groups in total. The molecular weight excluding hydrogens is 320 g/mol. The van der Waals surface area contributed by atoms with Crippen LogP contribution in [0.25, 0.3) is 0 Å². The van der Waals surface area contributed by atoms with Gasteiger partial charge < -0.3 is 14.2 Å². The summed E-state index contributed by atoms with van der Waals surface area (Å²) in [5, 5.41) is 0. The lowest BCUT2D eigenvalue weighted by atomic mass is 10.1. The quantitative estimate of drug-likeness (QED) is 0.425. The Morgan fingerprint density at radius 1 is 1.08 bits per heavy atom. The van der Waals surface area contributed by atoms with Crippen LogP contribution in [0.1, 0.15) is 54.0 Å². The molecular formula is C19H32N2O4. The Bertz CT molecular complexity index is 565. The first-order chi connectivity index (χ1) is 11.5. The normalized spacial score (nSPS) is 13.0. The van der Waals surface area contributed by atoms with E-state index in [0.717, 1.165) is 5.56 Å². The molecule has 1 aromatic rings. The fourth-order valence-electron chi connectivity index (χ4n) is 2.20. The average molecular weight is 352 g/mol. The van der Waals surface area contributed by atoms with Gasteiger partial charge in [-0.3, -0.25) is 10.6 Å². The summed E-state index contributed by atoms with van der Waals surface area (Å²) in [6, 6.07) is 5.00. The third-order valence-corrected chi connectivity index (χ3v) is 3.07. The van der Waals surface area contributed by atoms with E-state index in [2.05, 4.69) is 5.43 Å². The Labute approximate surface area is 151 Å². The van der Waals surface area contributed by atoms with Crippen LogP contribution in [0.3, 0.4) is 0 Å². The van der Waals surface area contributed by atoms with Gasteiger partial charge in [-0.15, -0.1) is 0 Å². The summed E-state index contributed by atoms with van der Waals surface area (Å²) in [6.45, 7) is 13.3. The smallest absolute Gasteiger partial charge is 0.325 e. The molecule has 0 aliphatic rings. The highest BCUT2D eigenvalue weighted by Gasteiger charge is 2.25. The van der Waals surface area contributed by atoms with Gasteiger partial charge in [-0.25, -0.2) is 5.43 Å². The molecule has 0 saturated carbocycles. The Kier molecular flexibility index (Phi) is 7.70. The number of esters is 1. The van der Waals surface area contributed by atoms with Crippen LogP contribution in [-0.4, -0.2) is 29.8 Å². The molecule has 0 aliphatic carbocycles. The Hall–Kier alpha value is -1.79. The molecule has 0 spiro atoms. The Morgan fingerprint density at radius 3 is 2.12 bits per heavy atom. The maximum absolute atomic E-state index is 12.2. The van der Waals surface area contributed by atoms with Crippen LogP contribution in [0.15, 0.2) is 18.2 Å². The van der Waals surface area contributed by atoms with Gasteiger partial charge in [0.25, 0.3) is 0 Å². The monoisotopic (exact) mass is 352 g/mol. The average Bonchev–Trinajstić information content (AvgIpc) is 2.44. The van der Waals surface area contributed by atoms with E-state index in [-0.39, 0.29) is 18.2 Å². The standard InChI is InChI=1S/C19H32N2O4/c1-12(2)23-16-9-8-14(11-17(16)24-13(3)4)10-15(21-20)18(22)25-19(5,6)7/h8-9,11-13,15,21H,10,20H2,1-7H3. The van der Waals surface area contributed by atoms with E-state index in [9.17, 15) is 4.79 Å². The highest BCUT2D eigenvalue weighted by atomic mass is 16.6. The van der Waals surface area contributed by atoms with Crippen molar-refractivity contribution in [3.63, 3.8) is 0 Å². The van der Waals surface area contributed by atoms with E-state index in [1.165, 1.54) is 0 Å². The summed E-state index contributed by atoms with van der Waals surface area (Å²) in [7, 11) is 0. The molecule has 0 saturated heterocycles. The van der Waals surface area contributed by atoms with Crippen LogP contribution in [0.2, 0.25) is 0 Å². The number of hydrogen-bond donors (Lipinski definition) is 2. The summed E-state index contributed by atoms with van der Waals surface area (Å²) in [5.74, 6) is 6.50. The van der Waals surface area contributed by atoms with Crippen molar-refractivity contribution in [2.24, 2.45) is 5.84 Å². The van der Waals surface area contributed by atoms with E-state index >= 15 is 0 Å². The summed E-state index contributed by atoms with van der Waals surface area (Å²) in [4.78, 5) is 12.2. The van der Waals surface area contributed by atoms with Crippen LogP contribution < -0.4 is 20.7 Å². The third kappa shape index (κ3) is 7.75. The van der Waals surface area contributed by atoms with Crippen molar-refractivity contribution in [3.8, 4) is 11.5 Å². The zero-order valence-corrected chi connectivity index (χ0v) is 16.4. The molecule has 6 nitrogen and oxygen atoms in total. The van der Waals surface area contributed by atoms with E-state index in [4.69, 9.17) is 20.1 Å². The van der Waals surface area contributed by atoms with E-state index < -0.39 is 11.6 Å². The molecule has 1 atom stereocenters. The van der Waals surface area contributed by atoms with Crippen molar-refractivity contribution in [3.05, 3.63) is 23.8 Å². The van der Waals surface area contributed by atoms with Gasteiger partial charge in [0.1, 0.15) is 11.6 Å². The maximum atomic E-state index is 12.2. The van der Waals surface area contributed by atoms with Crippen LogP contribution >= 0.6 is 0 Å². The molecule has 6 heteroatoms. The summed E-state index contributed by atoms with van der Waals surface area (Å²) >= 11 is 0. The van der Waals surface area contributed by atoms with Crippen LogP contribution in [-0.2, 0) is 16.0 Å². The molecule has 0 radical (unpaired) electrons. The molecule has 0 fully saturated rings. The molecule has 25 heavy (non-hydrogen) atoms. The van der Waals surface area contributed by atoms with E-state index in [1.807, 2.05) is 66.7 Å². The van der Waals surface area contributed by atoms with Crippen LogP contribution in [0.4, 0.5) is 0 Å². The van der Waals surface area contributed by atoms with Crippen molar-refractivity contribution in [2.45, 2.75) is 78.7 Å². The minimum atomic E-state index is -0.636. The third-order valence-electron chi connectivity index (χ3n) is 3.07. The van der Waals surface area contributed by atoms with Crippen molar-refractivity contribution in [2.75, 3.05) is 0 Å². The van der Waals surface area contributed by atoms with Crippen LogP contribution in [0.5, 0.6) is 11.5 Å². The number of benzene rings is 1. The predicted octanol–water partition coefficient (Wildman–Crippen LogP) is 2.98. The minimum Gasteiger partial charge on any atom is -0.487 e. The SMILES string of the molecule is CC(C)Oc1ccc(CC(NN)C(=O)OC(C)(C)C)cc1OC(C)C. The number of nitrogens with two attached hydrogens (primary N) is 1. The fraction of sp³-hybridized carbons (Fsp3) is 0.632. The van der Waals surface area contributed by atoms with Gasteiger partial charge >= 0.3 is 5.97 Å². The summed E-state index contributed by atoms with van der Waals surface area (Å²) < 4.78 is 17.0. The van der Waals surface area contributed by atoms with Gasteiger partial charge in [-0.2, -0.15) is 0 Å². The van der Waals surface area contributed by atoms with Crippen molar-refractivity contribution in [1.82, 2.24) is 5.43 Å². The van der Waals surface area contributed by atoms with Gasteiger partial charge in [0.05, 0.1) is 12.2 Å². The second kappa shape index (κ2) is 9.06. The highest BCUT2D eigenvalue weighted by molar-refractivity contribution is 5.76. The number of rotatable bonds is 8. The van der Waals surface area contributed by atoms with Crippen molar-refractivity contribution < 1.29 is 19.0 Å². The number of nitrogens with one attached hydrogen (secondary N) is 1. The first-order valence-electron chi connectivity index (χ1n) is 8.67. The lowest BCUT2D eigenvalue weighted by Crippen LogP contribution is -2.46. The molecule has 0 bridgehead atoms. The van der Waals surface area contributed by atoms with Gasteiger partial charge in [0.2, 0.25) is 0 Å². The molecule has 0 heterocycles. The molecule has 142 valence electrons. The lowest BCUT2D eigenvalue weighted by molar-refractivity contribution is -0.157. The van der Waals surface area contributed by atoms with Gasteiger partial charge in [0, 0.05) is 0 Å². The Balaban J connectivity index is 2.97. The number of hydrogen-bond acceptors (Lipinski definition) is 6. The fourth-order valence-corrected chi connectivity index (χ4v) is 2.20. The predicted molar refractivity (Wildman–Crippen MR) is 98.6 cm³/mol. The molecule has 0 aliphatic heterocycles. The second-order valence-corrected chi connectivity index (χ2v) is 7.57. The van der Waals surface area contributed by atoms with Gasteiger partial charge in [-0.05, 0) is 72.6 Å². The first-order valence-corrected chi connectivity index (χ1v) is 8.67. The molecule has 0 aromatic heterocycles. The minimum absolute atomic E-state index is 0.0130. The first kappa shape index (κ1) is 21.3. The Morgan fingerprint density at radius 2 is 1.64 bits per heavy atom. The molecule has 1 aromatic carbocycles. The number of hydrazine groups is 1. The topological polar surface area (TPSA) is 82.8 Å². The van der Waals surface area contributed by atoms with Gasteiger partial charge in [-0.1, -0.05) is 6.07 Å². The zero-order valence-electron chi connectivity index (χ0n) is 16.4. The van der Waals surface area contributed by atoms with Gasteiger partial charge in [0.15, 0.2) is 11.5 Å². The lowest BCUT2D eigenvalue weighted by Gasteiger charge is -2.24. The number of ether oxygens (including phenoxy) is 3. The zero-order chi connectivity index (χ0) is 19.2. The molecule has 0 amide bonds. The van der Waals surface area contributed by atoms with Crippen LogP contribution in [0, 0.1) is 0 Å². The largest absolute Gasteiger partial charge is 0.487 e. The highest BCUT2D eigenvalue weighted by Crippen LogP contribution is 2.30. The summed E-state index contributed by atoms with van der Waals surface area (Å²) in [6.07, 6.45) is 0.446. The van der Waals surface area contributed by atoms with Crippen molar-refractivity contribution >= 4 is 5.97 Å². The number of carbonyl (C=O) groups is 1.